The van der Waals surface area contributed by atoms with Crippen LogP contribution in [0.2, 0.25) is 10.0 Å². The first kappa shape index (κ1) is 27.6. The molecule has 35 heavy (non-hydrogen) atoms. The molecule has 0 N–H and O–H groups in total. The van der Waals surface area contributed by atoms with Crippen LogP contribution in [0.5, 0.6) is 5.75 Å². The van der Waals surface area contributed by atoms with Gasteiger partial charge in [0.15, 0.2) is 5.75 Å². The third-order valence-corrected chi connectivity index (χ3v) is 6.86. The van der Waals surface area contributed by atoms with Crippen LogP contribution in [0, 0.1) is 0 Å². The number of halogens is 2. The molecule has 1 unspecified atom stereocenters. The molecular formula is C28H38Cl2N2O3. The molecule has 2 aromatic carbocycles. The molecule has 1 aliphatic rings. The number of benzene rings is 2. The standard InChI is InChI=1S/C28H38Cl2N2O3/c1-4-5-6-7-8-15-35-27-25(29)17-22(18-26(27)30)28(33)32(20-24-10-9-16-34-24)19-21-11-13-23(14-12-21)31(2)3/h11-14,17-18,24H,4-10,15-16,19-20H2,1-3H3. The Labute approximate surface area is 220 Å². The lowest BCUT2D eigenvalue weighted by Crippen LogP contribution is -2.37. The van der Waals surface area contributed by atoms with Crippen LogP contribution in [0.4, 0.5) is 5.69 Å². The lowest BCUT2D eigenvalue weighted by atomic mass is 10.1. The van der Waals surface area contributed by atoms with E-state index in [0.29, 0.717) is 41.1 Å². The molecule has 1 saturated heterocycles. The van der Waals surface area contributed by atoms with Crippen molar-refractivity contribution in [3.63, 3.8) is 0 Å². The van der Waals surface area contributed by atoms with Crippen LogP contribution >= 0.6 is 23.2 Å². The van der Waals surface area contributed by atoms with E-state index >= 15 is 0 Å². The van der Waals surface area contributed by atoms with Crippen molar-refractivity contribution in [1.82, 2.24) is 4.90 Å². The van der Waals surface area contributed by atoms with Gasteiger partial charge in [0.1, 0.15) is 0 Å². The first-order valence-electron chi connectivity index (χ1n) is 12.7. The minimum absolute atomic E-state index is 0.0428. The number of hydrogen-bond acceptors (Lipinski definition) is 4. The quantitative estimate of drug-likeness (QED) is 0.261. The molecule has 1 aliphatic heterocycles. The van der Waals surface area contributed by atoms with Crippen LogP contribution in [0.15, 0.2) is 36.4 Å². The highest BCUT2D eigenvalue weighted by atomic mass is 35.5. The van der Waals surface area contributed by atoms with Crippen LogP contribution in [0.3, 0.4) is 0 Å². The summed E-state index contributed by atoms with van der Waals surface area (Å²) < 4.78 is 11.7. The molecule has 3 rings (SSSR count). The minimum Gasteiger partial charge on any atom is -0.490 e. The third kappa shape index (κ3) is 8.30. The average Bonchev–Trinajstić information content (AvgIpc) is 3.35. The van der Waals surface area contributed by atoms with Gasteiger partial charge in [-0.15, -0.1) is 0 Å². The fourth-order valence-corrected chi connectivity index (χ4v) is 4.85. The Bertz CT molecular complexity index is 921. The van der Waals surface area contributed by atoms with E-state index in [1.54, 1.807) is 12.1 Å². The molecule has 192 valence electrons. The molecule has 1 fully saturated rings. The Kier molecular flexibility index (Phi) is 11.0. The first-order chi connectivity index (χ1) is 16.9. The maximum Gasteiger partial charge on any atom is 0.254 e. The number of carbonyl (C=O) groups excluding carboxylic acids is 1. The third-order valence-electron chi connectivity index (χ3n) is 6.30. The molecule has 0 bridgehead atoms. The second-order valence-corrected chi connectivity index (χ2v) is 10.2. The molecule has 1 atom stereocenters. The molecule has 2 aromatic rings. The highest BCUT2D eigenvalue weighted by Gasteiger charge is 2.25. The highest BCUT2D eigenvalue weighted by Crippen LogP contribution is 2.35. The fourth-order valence-electron chi connectivity index (χ4n) is 4.26. The Morgan fingerprint density at radius 1 is 1.06 bits per heavy atom. The molecule has 0 aliphatic carbocycles. The zero-order chi connectivity index (χ0) is 25.2. The second kappa shape index (κ2) is 14.0. The van der Waals surface area contributed by atoms with Crippen LogP contribution in [0.1, 0.15) is 67.8 Å². The van der Waals surface area contributed by atoms with Crippen molar-refractivity contribution < 1.29 is 14.3 Å². The SMILES string of the molecule is CCCCCCCOc1c(Cl)cc(C(=O)N(Cc2ccc(N(C)C)cc2)CC2CCCO2)cc1Cl. The molecule has 7 heteroatoms. The van der Waals surface area contributed by atoms with Gasteiger partial charge in [-0.25, -0.2) is 0 Å². The summed E-state index contributed by atoms with van der Waals surface area (Å²) in [5.41, 5.74) is 2.63. The lowest BCUT2D eigenvalue weighted by molar-refractivity contribution is 0.0507. The van der Waals surface area contributed by atoms with Gasteiger partial charge < -0.3 is 19.3 Å². The van der Waals surface area contributed by atoms with Gasteiger partial charge in [0.2, 0.25) is 0 Å². The molecule has 0 radical (unpaired) electrons. The van der Waals surface area contributed by atoms with Gasteiger partial charge in [-0.3, -0.25) is 4.79 Å². The summed E-state index contributed by atoms with van der Waals surface area (Å²) in [7, 11) is 4.02. The summed E-state index contributed by atoms with van der Waals surface area (Å²) >= 11 is 13.0. The topological polar surface area (TPSA) is 42.0 Å². The largest absolute Gasteiger partial charge is 0.490 e. The maximum absolute atomic E-state index is 13.6. The number of rotatable bonds is 13. The van der Waals surface area contributed by atoms with Crippen molar-refractivity contribution in [2.45, 2.75) is 64.5 Å². The Hall–Kier alpha value is -1.95. The Morgan fingerprint density at radius 3 is 2.34 bits per heavy atom. The summed E-state index contributed by atoms with van der Waals surface area (Å²) in [4.78, 5) is 17.5. The van der Waals surface area contributed by atoms with Gasteiger partial charge in [-0.1, -0.05) is 67.9 Å². The molecule has 0 aromatic heterocycles. The predicted molar refractivity (Wildman–Crippen MR) is 145 cm³/mol. The maximum atomic E-state index is 13.6. The zero-order valence-corrected chi connectivity index (χ0v) is 22.7. The summed E-state index contributed by atoms with van der Waals surface area (Å²) in [6.45, 7) is 4.51. The number of unbranched alkanes of at least 4 members (excludes halogenated alkanes) is 4. The summed E-state index contributed by atoms with van der Waals surface area (Å²) in [5.74, 6) is 0.331. The fraction of sp³-hybridized carbons (Fsp3) is 0.536. The number of anilines is 1. The molecular weight excluding hydrogens is 483 g/mol. The number of carbonyl (C=O) groups is 1. The monoisotopic (exact) mass is 520 g/mol. The first-order valence-corrected chi connectivity index (χ1v) is 13.4. The van der Waals surface area contributed by atoms with Gasteiger partial charge in [0.05, 0.1) is 22.8 Å². The van der Waals surface area contributed by atoms with Crippen LogP contribution in [-0.4, -0.2) is 50.8 Å². The molecule has 0 saturated carbocycles. The summed E-state index contributed by atoms with van der Waals surface area (Å²) in [6, 6.07) is 11.6. The molecule has 5 nitrogen and oxygen atoms in total. The van der Waals surface area contributed by atoms with E-state index in [1.165, 1.54) is 19.3 Å². The second-order valence-electron chi connectivity index (χ2n) is 9.41. The lowest BCUT2D eigenvalue weighted by Gasteiger charge is -2.26. The Morgan fingerprint density at radius 2 is 1.74 bits per heavy atom. The van der Waals surface area contributed by atoms with Crippen molar-refractivity contribution in [3.05, 3.63) is 57.6 Å². The van der Waals surface area contributed by atoms with Crippen molar-refractivity contribution in [2.24, 2.45) is 0 Å². The van der Waals surface area contributed by atoms with Gasteiger partial charge >= 0.3 is 0 Å². The van der Waals surface area contributed by atoms with Crippen molar-refractivity contribution >= 4 is 34.8 Å². The normalized spacial score (nSPS) is 15.3. The van der Waals surface area contributed by atoms with Crippen molar-refractivity contribution in [2.75, 3.05) is 38.8 Å². The van der Waals surface area contributed by atoms with Gasteiger partial charge in [-0.2, -0.15) is 0 Å². The van der Waals surface area contributed by atoms with Crippen molar-refractivity contribution in [3.8, 4) is 5.75 Å². The number of hydrogen-bond donors (Lipinski definition) is 0. The van der Waals surface area contributed by atoms with E-state index in [-0.39, 0.29) is 12.0 Å². The smallest absolute Gasteiger partial charge is 0.254 e. The molecule has 0 spiro atoms. The molecule has 1 amide bonds. The number of amides is 1. The van der Waals surface area contributed by atoms with E-state index in [0.717, 1.165) is 43.5 Å². The Balaban J connectivity index is 1.71. The van der Waals surface area contributed by atoms with Gasteiger partial charge in [0.25, 0.3) is 5.91 Å². The van der Waals surface area contributed by atoms with Crippen molar-refractivity contribution in [1.29, 1.82) is 0 Å². The van der Waals surface area contributed by atoms with Crippen LogP contribution in [-0.2, 0) is 11.3 Å². The number of ether oxygens (including phenoxy) is 2. The van der Waals surface area contributed by atoms with Gasteiger partial charge in [-0.05, 0) is 49.1 Å². The van der Waals surface area contributed by atoms with E-state index in [4.69, 9.17) is 32.7 Å². The summed E-state index contributed by atoms with van der Waals surface area (Å²) in [6.07, 6.45) is 7.74. The summed E-state index contributed by atoms with van der Waals surface area (Å²) in [5, 5.41) is 0.726. The van der Waals surface area contributed by atoms with E-state index < -0.39 is 0 Å². The predicted octanol–water partition coefficient (Wildman–Crippen LogP) is 7.23. The van der Waals surface area contributed by atoms with E-state index in [1.807, 2.05) is 19.0 Å². The van der Waals surface area contributed by atoms with Gasteiger partial charge in [0, 0.05) is 45.0 Å². The van der Waals surface area contributed by atoms with E-state index in [2.05, 4.69) is 36.1 Å². The highest BCUT2D eigenvalue weighted by molar-refractivity contribution is 6.37. The van der Waals surface area contributed by atoms with Crippen LogP contribution < -0.4 is 9.64 Å². The van der Waals surface area contributed by atoms with E-state index in [9.17, 15) is 4.79 Å². The number of nitrogens with zero attached hydrogens (tertiary/aromatic N) is 2. The molecule has 1 heterocycles. The minimum atomic E-state index is -0.118. The zero-order valence-electron chi connectivity index (χ0n) is 21.2. The average molecular weight is 522 g/mol. The van der Waals surface area contributed by atoms with Crippen LogP contribution in [0.25, 0.3) is 0 Å².